The number of nitrogens with zero attached hydrogens (tertiary/aromatic N) is 1. The molecule has 138 valence electrons. The molecular formula is C21H20N2O4. The number of benzene rings is 2. The maximum absolute atomic E-state index is 12.2. The van der Waals surface area contributed by atoms with Gasteiger partial charge in [-0.3, -0.25) is 0 Å². The molecule has 6 nitrogen and oxygen atoms in total. The lowest BCUT2D eigenvalue weighted by atomic mass is 10.1. The summed E-state index contributed by atoms with van der Waals surface area (Å²) in [6.45, 7) is 7.64. The highest BCUT2D eigenvalue weighted by atomic mass is 16.7. The van der Waals surface area contributed by atoms with Gasteiger partial charge in [0.15, 0.2) is 5.84 Å². The average molecular weight is 364 g/mol. The number of amidine groups is 1. The van der Waals surface area contributed by atoms with Gasteiger partial charge < -0.3 is 19.7 Å². The quantitative estimate of drug-likeness (QED) is 0.242. The molecule has 0 saturated carbocycles. The Labute approximate surface area is 156 Å². The number of oxime groups is 1. The molecule has 0 aliphatic carbocycles. The number of nitrogens with two attached hydrogens (primary N) is 1. The van der Waals surface area contributed by atoms with Gasteiger partial charge in [0.1, 0.15) is 11.3 Å². The van der Waals surface area contributed by atoms with Crippen LogP contribution in [0, 0.1) is 13.8 Å². The summed E-state index contributed by atoms with van der Waals surface area (Å²) in [5.74, 6) is -0.0246. The molecule has 27 heavy (non-hydrogen) atoms. The van der Waals surface area contributed by atoms with Gasteiger partial charge in [-0.05, 0) is 31.0 Å². The second-order valence-corrected chi connectivity index (χ2v) is 6.11. The van der Waals surface area contributed by atoms with Crippen molar-refractivity contribution in [2.24, 2.45) is 10.9 Å². The molecular weight excluding hydrogens is 344 g/mol. The second-order valence-electron chi connectivity index (χ2n) is 6.11. The van der Waals surface area contributed by atoms with Crippen LogP contribution in [-0.4, -0.2) is 18.9 Å². The first-order valence-electron chi connectivity index (χ1n) is 8.29. The predicted octanol–water partition coefficient (Wildman–Crippen LogP) is 4.14. The summed E-state index contributed by atoms with van der Waals surface area (Å²) in [6.07, 6.45) is 0. The molecule has 6 heteroatoms. The van der Waals surface area contributed by atoms with Gasteiger partial charge in [0, 0.05) is 16.5 Å². The Bertz CT molecular complexity index is 1010. The lowest BCUT2D eigenvalue weighted by molar-refractivity contribution is 0.0482. The molecule has 0 aliphatic rings. The zero-order valence-electron chi connectivity index (χ0n) is 15.4. The molecule has 0 radical (unpaired) electrons. The molecule has 2 N–H and O–H groups in total. The largest absolute Gasteiger partial charge is 0.497 e. The average Bonchev–Trinajstić information content (AvgIpc) is 3.15. The lowest BCUT2D eigenvalue weighted by Crippen LogP contribution is -2.15. The van der Waals surface area contributed by atoms with Crippen molar-refractivity contribution in [1.29, 1.82) is 0 Å². The van der Waals surface area contributed by atoms with Crippen LogP contribution in [-0.2, 0) is 9.57 Å². The Morgan fingerprint density at radius 3 is 2.33 bits per heavy atom. The van der Waals surface area contributed by atoms with Crippen LogP contribution in [0.2, 0.25) is 0 Å². The maximum Gasteiger partial charge on any atom is 0.400 e. The molecule has 2 aromatic carbocycles. The van der Waals surface area contributed by atoms with Gasteiger partial charge in [-0.1, -0.05) is 48.1 Å². The third kappa shape index (κ3) is 3.69. The normalized spacial score (nSPS) is 11.4. The third-order valence-electron chi connectivity index (χ3n) is 4.28. The summed E-state index contributed by atoms with van der Waals surface area (Å²) in [6, 6.07) is 12.6. The maximum atomic E-state index is 12.2. The number of hydrogen-bond acceptors (Lipinski definition) is 5. The highest BCUT2D eigenvalue weighted by Gasteiger charge is 2.16. The van der Waals surface area contributed by atoms with Crippen LogP contribution in [0.3, 0.4) is 0 Å². The molecule has 0 atom stereocenters. The van der Waals surface area contributed by atoms with Crippen LogP contribution in [0.1, 0.15) is 32.8 Å². The van der Waals surface area contributed by atoms with E-state index >= 15 is 0 Å². The Hall–Kier alpha value is -3.54. The number of carbonyl (C=O) groups excluding carboxylic acids is 1. The van der Waals surface area contributed by atoms with Gasteiger partial charge in [0.05, 0.1) is 7.11 Å². The zero-order valence-corrected chi connectivity index (χ0v) is 15.4. The molecule has 3 aromatic rings. The van der Waals surface area contributed by atoms with Crippen molar-refractivity contribution >= 4 is 28.5 Å². The summed E-state index contributed by atoms with van der Waals surface area (Å²) >= 11 is 0. The molecule has 1 aromatic heterocycles. The molecule has 0 unspecified atom stereocenters. The van der Waals surface area contributed by atoms with E-state index in [1.165, 1.54) is 0 Å². The van der Waals surface area contributed by atoms with Crippen molar-refractivity contribution in [3.63, 3.8) is 0 Å². The SMILES string of the molecule is C=C(OC)c1ccc(/C(N)=N/OC(=O)c2cc3c(C)ccc(C)c3o2)cc1. The van der Waals surface area contributed by atoms with Gasteiger partial charge in [0.2, 0.25) is 5.76 Å². The van der Waals surface area contributed by atoms with Crippen molar-refractivity contribution in [3.05, 3.63) is 77.1 Å². The van der Waals surface area contributed by atoms with Crippen LogP contribution in [0.4, 0.5) is 0 Å². The fourth-order valence-corrected chi connectivity index (χ4v) is 2.63. The summed E-state index contributed by atoms with van der Waals surface area (Å²) in [4.78, 5) is 17.2. The van der Waals surface area contributed by atoms with Crippen LogP contribution in [0.25, 0.3) is 16.7 Å². The predicted molar refractivity (Wildman–Crippen MR) is 104 cm³/mol. The van der Waals surface area contributed by atoms with Gasteiger partial charge >= 0.3 is 5.97 Å². The van der Waals surface area contributed by atoms with Crippen LogP contribution >= 0.6 is 0 Å². The van der Waals surface area contributed by atoms with E-state index in [0.29, 0.717) is 16.9 Å². The molecule has 0 bridgehead atoms. The van der Waals surface area contributed by atoms with Gasteiger partial charge in [-0.2, -0.15) is 0 Å². The molecule has 0 amide bonds. The van der Waals surface area contributed by atoms with E-state index in [0.717, 1.165) is 22.1 Å². The number of rotatable bonds is 5. The fraction of sp³-hybridized carbons (Fsp3) is 0.143. The Morgan fingerprint density at radius 2 is 1.70 bits per heavy atom. The highest BCUT2D eigenvalue weighted by molar-refractivity contribution is 5.99. The number of fused-ring (bicyclic) bond motifs is 1. The van der Waals surface area contributed by atoms with E-state index in [9.17, 15) is 4.79 Å². The van der Waals surface area contributed by atoms with Crippen molar-refractivity contribution in [3.8, 4) is 0 Å². The van der Waals surface area contributed by atoms with E-state index in [-0.39, 0.29) is 11.6 Å². The number of hydrogen-bond donors (Lipinski definition) is 1. The van der Waals surface area contributed by atoms with Crippen molar-refractivity contribution < 1.29 is 18.8 Å². The number of aryl methyl sites for hydroxylation is 2. The lowest BCUT2D eigenvalue weighted by Gasteiger charge is -2.05. The minimum Gasteiger partial charge on any atom is -0.497 e. The Balaban J connectivity index is 1.77. The van der Waals surface area contributed by atoms with E-state index in [4.69, 9.17) is 19.7 Å². The fourth-order valence-electron chi connectivity index (χ4n) is 2.63. The Kier molecular flexibility index (Phi) is 4.98. The molecule has 0 aliphatic heterocycles. The van der Waals surface area contributed by atoms with E-state index in [1.54, 1.807) is 37.4 Å². The first-order valence-corrected chi connectivity index (χ1v) is 8.29. The number of methoxy groups -OCH3 is 1. The van der Waals surface area contributed by atoms with Crippen LogP contribution in [0.15, 0.2) is 58.6 Å². The molecule has 0 saturated heterocycles. The minimum atomic E-state index is -0.711. The molecule has 1 heterocycles. The second kappa shape index (κ2) is 7.37. The summed E-state index contributed by atoms with van der Waals surface area (Å²) in [7, 11) is 1.55. The summed E-state index contributed by atoms with van der Waals surface area (Å²) in [5.41, 5.74) is 9.93. The summed E-state index contributed by atoms with van der Waals surface area (Å²) in [5, 5.41) is 4.58. The van der Waals surface area contributed by atoms with Gasteiger partial charge in [-0.25, -0.2) is 4.79 Å². The standard InChI is InChI=1S/C21H20N2O4/c1-12-5-6-13(2)19-17(12)11-18(26-19)21(24)27-23-20(22)16-9-7-15(8-10-16)14(3)25-4/h5-11H,3H2,1-2,4H3,(H2,22,23). The molecule has 0 fully saturated rings. The van der Waals surface area contributed by atoms with E-state index < -0.39 is 5.97 Å². The van der Waals surface area contributed by atoms with E-state index in [1.807, 2.05) is 26.0 Å². The van der Waals surface area contributed by atoms with Crippen molar-refractivity contribution in [2.75, 3.05) is 7.11 Å². The third-order valence-corrected chi connectivity index (χ3v) is 4.28. The van der Waals surface area contributed by atoms with Gasteiger partial charge in [-0.15, -0.1) is 0 Å². The molecule has 0 spiro atoms. The highest BCUT2D eigenvalue weighted by Crippen LogP contribution is 2.26. The number of ether oxygens (including phenoxy) is 1. The first kappa shape index (κ1) is 18.3. The topological polar surface area (TPSA) is 87.0 Å². The molecule has 3 rings (SSSR count). The van der Waals surface area contributed by atoms with Crippen LogP contribution < -0.4 is 5.73 Å². The van der Waals surface area contributed by atoms with Gasteiger partial charge in [0.25, 0.3) is 0 Å². The van der Waals surface area contributed by atoms with Crippen molar-refractivity contribution in [1.82, 2.24) is 0 Å². The minimum absolute atomic E-state index is 0.0707. The summed E-state index contributed by atoms with van der Waals surface area (Å²) < 4.78 is 10.7. The van der Waals surface area contributed by atoms with Crippen LogP contribution in [0.5, 0.6) is 0 Å². The monoisotopic (exact) mass is 364 g/mol. The number of carbonyl (C=O) groups is 1. The van der Waals surface area contributed by atoms with E-state index in [2.05, 4.69) is 11.7 Å². The first-order chi connectivity index (χ1) is 12.9. The number of furan rings is 1. The Morgan fingerprint density at radius 1 is 1.07 bits per heavy atom. The smallest absolute Gasteiger partial charge is 0.400 e. The van der Waals surface area contributed by atoms with Crippen molar-refractivity contribution in [2.45, 2.75) is 13.8 Å². The zero-order chi connectivity index (χ0) is 19.6.